The molecule has 0 unspecified atom stereocenters. The smallest absolute Gasteiger partial charge is 0.263 e. The zero-order valence-corrected chi connectivity index (χ0v) is 13.9. The van der Waals surface area contributed by atoms with Crippen molar-refractivity contribution < 1.29 is 4.79 Å². The van der Waals surface area contributed by atoms with Gasteiger partial charge in [0.15, 0.2) is 0 Å². The molecule has 0 aromatic carbocycles. The van der Waals surface area contributed by atoms with Gasteiger partial charge in [-0.2, -0.15) is 0 Å². The van der Waals surface area contributed by atoms with E-state index in [0.717, 1.165) is 31.5 Å². The molecule has 0 aliphatic heterocycles. The molecule has 23 heavy (non-hydrogen) atoms. The number of carbonyl (C=O) groups is 1. The summed E-state index contributed by atoms with van der Waals surface area (Å²) in [5, 5.41) is 2.04. The second kappa shape index (κ2) is 5.60. The molecule has 2 heterocycles. The van der Waals surface area contributed by atoms with Crippen LogP contribution in [0.25, 0.3) is 0 Å². The molecule has 2 aliphatic rings. The molecule has 6 heteroatoms. The number of nitrogens with one attached hydrogen (secondary N) is 1. The zero-order chi connectivity index (χ0) is 16.0. The van der Waals surface area contributed by atoms with Crippen molar-refractivity contribution in [3.63, 3.8) is 0 Å². The van der Waals surface area contributed by atoms with Gasteiger partial charge in [0.2, 0.25) is 0 Å². The standard InChI is InChI=1S/C17H19N3O2S/c1-10-6-7-23-14(10)9-20(12-4-5-12)17(22)13-8-18-15(11-2-3-11)19-16(13)21/h6-8,11-12H,2-5,9H2,1H3,(H,18,19,21). The van der Waals surface area contributed by atoms with Crippen LogP contribution in [-0.2, 0) is 6.54 Å². The monoisotopic (exact) mass is 329 g/mol. The minimum atomic E-state index is -0.305. The fourth-order valence-corrected chi connectivity index (χ4v) is 3.66. The lowest BCUT2D eigenvalue weighted by Gasteiger charge is -2.22. The number of thiophene rings is 1. The zero-order valence-electron chi connectivity index (χ0n) is 13.0. The lowest BCUT2D eigenvalue weighted by atomic mass is 10.2. The van der Waals surface area contributed by atoms with Gasteiger partial charge in [0.05, 0.1) is 6.54 Å². The highest BCUT2D eigenvalue weighted by Gasteiger charge is 2.35. The summed E-state index contributed by atoms with van der Waals surface area (Å²) in [6, 6.07) is 2.32. The Kier molecular flexibility index (Phi) is 3.56. The first-order valence-corrected chi connectivity index (χ1v) is 8.94. The molecule has 2 aromatic rings. The van der Waals surface area contributed by atoms with Gasteiger partial charge in [-0.3, -0.25) is 9.59 Å². The number of carbonyl (C=O) groups excluding carboxylic acids is 1. The molecule has 5 nitrogen and oxygen atoms in total. The van der Waals surface area contributed by atoms with Crippen LogP contribution in [0.1, 0.15) is 58.2 Å². The van der Waals surface area contributed by atoms with Crippen molar-refractivity contribution in [1.29, 1.82) is 0 Å². The largest absolute Gasteiger partial charge is 0.330 e. The number of hydrogen-bond acceptors (Lipinski definition) is 4. The second-order valence-electron chi connectivity index (χ2n) is 6.48. The van der Waals surface area contributed by atoms with Crippen LogP contribution in [0, 0.1) is 6.92 Å². The third kappa shape index (κ3) is 2.95. The molecular formula is C17H19N3O2S. The van der Waals surface area contributed by atoms with E-state index in [-0.39, 0.29) is 23.1 Å². The quantitative estimate of drug-likeness (QED) is 0.917. The van der Waals surface area contributed by atoms with Crippen LogP contribution in [0.15, 0.2) is 22.4 Å². The Bertz CT molecular complexity index is 802. The fourth-order valence-electron chi connectivity index (χ4n) is 2.75. The van der Waals surface area contributed by atoms with Gasteiger partial charge in [-0.1, -0.05) is 0 Å². The van der Waals surface area contributed by atoms with Gasteiger partial charge in [0, 0.05) is 23.0 Å². The van der Waals surface area contributed by atoms with Crippen molar-refractivity contribution in [2.45, 2.75) is 51.1 Å². The SMILES string of the molecule is Cc1ccsc1CN(C(=O)c1cnc(C2CC2)[nH]c1=O)C1CC1. The lowest BCUT2D eigenvalue weighted by molar-refractivity contribution is 0.0729. The first kappa shape index (κ1) is 14.6. The van der Waals surface area contributed by atoms with Crippen molar-refractivity contribution >= 4 is 17.2 Å². The minimum absolute atomic E-state index is 0.163. The molecule has 2 aromatic heterocycles. The summed E-state index contributed by atoms with van der Waals surface area (Å²) >= 11 is 1.66. The number of amides is 1. The van der Waals surface area contributed by atoms with Crippen LogP contribution < -0.4 is 5.56 Å². The van der Waals surface area contributed by atoms with Crippen molar-refractivity contribution in [2.24, 2.45) is 0 Å². The minimum Gasteiger partial charge on any atom is -0.330 e. The molecule has 0 radical (unpaired) electrons. The average molecular weight is 329 g/mol. The van der Waals surface area contributed by atoms with Gasteiger partial charge in [-0.05, 0) is 49.6 Å². The predicted octanol–water partition coefficient (Wildman–Crippen LogP) is 2.82. The third-order valence-electron chi connectivity index (χ3n) is 4.54. The number of aryl methyl sites for hydroxylation is 1. The average Bonchev–Trinajstić information content (AvgIpc) is 3.44. The van der Waals surface area contributed by atoms with Crippen LogP contribution in [0.5, 0.6) is 0 Å². The van der Waals surface area contributed by atoms with Crippen LogP contribution in [0.2, 0.25) is 0 Å². The first-order valence-electron chi connectivity index (χ1n) is 8.06. The van der Waals surface area contributed by atoms with E-state index < -0.39 is 0 Å². The molecule has 2 saturated carbocycles. The molecule has 120 valence electrons. The Morgan fingerprint density at radius 1 is 1.39 bits per heavy atom. The molecule has 2 fully saturated rings. The molecule has 4 rings (SSSR count). The van der Waals surface area contributed by atoms with Gasteiger partial charge in [0.1, 0.15) is 11.4 Å². The molecule has 1 amide bonds. The summed E-state index contributed by atoms with van der Waals surface area (Å²) in [5.74, 6) is 0.898. The number of aromatic amines is 1. The summed E-state index contributed by atoms with van der Waals surface area (Å²) < 4.78 is 0. The highest BCUT2D eigenvalue weighted by Crippen LogP contribution is 2.37. The number of hydrogen-bond donors (Lipinski definition) is 1. The number of rotatable bonds is 5. The van der Waals surface area contributed by atoms with E-state index in [1.165, 1.54) is 16.6 Å². The molecular weight excluding hydrogens is 310 g/mol. The van der Waals surface area contributed by atoms with E-state index >= 15 is 0 Å². The van der Waals surface area contributed by atoms with Crippen LogP contribution >= 0.6 is 11.3 Å². The maximum atomic E-state index is 12.9. The van der Waals surface area contributed by atoms with Crippen molar-refractivity contribution in [3.8, 4) is 0 Å². The van der Waals surface area contributed by atoms with Gasteiger partial charge < -0.3 is 9.88 Å². The van der Waals surface area contributed by atoms with E-state index in [4.69, 9.17) is 0 Å². The lowest BCUT2D eigenvalue weighted by Crippen LogP contribution is -2.36. The van der Waals surface area contributed by atoms with Crippen molar-refractivity contribution in [2.75, 3.05) is 0 Å². The van der Waals surface area contributed by atoms with E-state index in [1.54, 1.807) is 11.3 Å². The highest BCUT2D eigenvalue weighted by molar-refractivity contribution is 7.10. The van der Waals surface area contributed by atoms with E-state index in [0.29, 0.717) is 12.5 Å². The fraction of sp³-hybridized carbons (Fsp3) is 0.471. The Balaban J connectivity index is 1.60. The van der Waals surface area contributed by atoms with Gasteiger partial charge >= 0.3 is 0 Å². The summed E-state index contributed by atoms with van der Waals surface area (Å²) in [7, 11) is 0. The van der Waals surface area contributed by atoms with E-state index in [1.807, 2.05) is 10.3 Å². The third-order valence-corrected chi connectivity index (χ3v) is 5.55. The predicted molar refractivity (Wildman–Crippen MR) is 88.8 cm³/mol. The Morgan fingerprint density at radius 2 is 2.17 bits per heavy atom. The van der Waals surface area contributed by atoms with Gasteiger partial charge in [0.25, 0.3) is 11.5 Å². The Labute approximate surface area is 138 Å². The van der Waals surface area contributed by atoms with Gasteiger partial charge in [-0.15, -0.1) is 11.3 Å². The summed E-state index contributed by atoms with van der Waals surface area (Å²) in [5.41, 5.74) is 1.06. The number of aromatic nitrogens is 2. The van der Waals surface area contributed by atoms with Gasteiger partial charge in [-0.25, -0.2) is 4.98 Å². The molecule has 0 saturated heterocycles. The second-order valence-corrected chi connectivity index (χ2v) is 7.48. The normalized spacial score (nSPS) is 17.3. The van der Waals surface area contributed by atoms with Crippen LogP contribution in [0.4, 0.5) is 0 Å². The van der Waals surface area contributed by atoms with Crippen LogP contribution in [0.3, 0.4) is 0 Å². The topological polar surface area (TPSA) is 66.1 Å². The van der Waals surface area contributed by atoms with Crippen molar-refractivity contribution in [3.05, 3.63) is 49.8 Å². The van der Waals surface area contributed by atoms with E-state index in [2.05, 4.69) is 23.0 Å². The van der Waals surface area contributed by atoms with E-state index in [9.17, 15) is 9.59 Å². The number of nitrogens with zero attached hydrogens (tertiary/aromatic N) is 2. The van der Waals surface area contributed by atoms with Crippen LogP contribution in [-0.4, -0.2) is 26.8 Å². The molecule has 0 spiro atoms. The molecule has 0 atom stereocenters. The maximum Gasteiger partial charge on any atom is 0.263 e. The summed E-state index contributed by atoms with van der Waals surface area (Å²) in [6.07, 6.45) is 5.64. The Morgan fingerprint density at radius 3 is 2.74 bits per heavy atom. The number of H-pyrrole nitrogens is 1. The highest BCUT2D eigenvalue weighted by atomic mass is 32.1. The molecule has 1 N–H and O–H groups in total. The Hall–Kier alpha value is -1.95. The summed E-state index contributed by atoms with van der Waals surface area (Å²) in [4.78, 5) is 35.3. The van der Waals surface area contributed by atoms with Crippen molar-refractivity contribution in [1.82, 2.24) is 14.9 Å². The maximum absolute atomic E-state index is 12.9. The molecule has 0 bridgehead atoms. The summed E-state index contributed by atoms with van der Waals surface area (Å²) in [6.45, 7) is 2.64. The first-order chi connectivity index (χ1) is 11.1. The molecule has 2 aliphatic carbocycles.